The number of benzene rings is 2. The van der Waals surface area contributed by atoms with Crippen LogP contribution in [0.1, 0.15) is 56.7 Å². The number of carbonyl (C=O) groups is 2. The van der Waals surface area contributed by atoms with Gasteiger partial charge in [0.05, 0.1) is 28.8 Å². The summed E-state index contributed by atoms with van der Waals surface area (Å²) in [7, 11) is 5.91. The average Bonchev–Trinajstić information content (AvgIpc) is 3.42. The van der Waals surface area contributed by atoms with E-state index >= 15 is 0 Å². The van der Waals surface area contributed by atoms with E-state index in [9.17, 15) is 22.8 Å². The van der Waals surface area contributed by atoms with Crippen LogP contribution in [0.15, 0.2) is 54.7 Å². The van der Waals surface area contributed by atoms with Gasteiger partial charge in [0.15, 0.2) is 0 Å². The highest BCUT2D eigenvalue weighted by Gasteiger charge is 2.34. The Morgan fingerprint density at radius 2 is 1.90 bits per heavy atom. The minimum atomic E-state index is -4.56. The molecule has 0 bridgehead atoms. The highest BCUT2D eigenvalue weighted by molar-refractivity contribution is 5.98. The lowest BCUT2D eigenvalue weighted by Crippen LogP contribution is -2.41. The number of hydrogen-bond acceptors (Lipinski definition) is 7. The number of anilines is 2. The van der Waals surface area contributed by atoms with Crippen LogP contribution < -0.4 is 16.4 Å². The van der Waals surface area contributed by atoms with Crippen molar-refractivity contribution in [3.63, 3.8) is 0 Å². The SMILES string of the molecule is CN(C)C1CCN(Cc2ccc(NC(=O)Cc3cccc(C#Cc4cnc(N)nc4-c4cc5c(n4C)CCNC5=O)c3)cc2C(F)(F)F)CC1. The van der Waals surface area contributed by atoms with Crippen LogP contribution in [0.4, 0.5) is 24.8 Å². The van der Waals surface area contributed by atoms with Crippen molar-refractivity contribution >= 4 is 23.5 Å². The Hall–Kier alpha value is -5.19. The van der Waals surface area contributed by atoms with Gasteiger partial charge in [-0.3, -0.25) is 14.5 Å². The topological polar surface area (TPSA) is 121 Å². The van der Waals surface area contributed by atoms with Gasteiger partial charge in [-0.15, -0.1) is 0 Å². The summed E-state index contributed by atoms with van der Waals surface area (Å²) in [5.41, 5.74) is 9.86. The van der Waals surface area contributed by atoms with Crippen molar-refractivity contribution in [3.8, 4) is 23.2 Å². The third kappa shape index (κ3) is 7.82. The van der Waals surface area contributed by atoms with Crippen LogP contribution in [0.2, 0.25) is 0 Å². The number of nitrogens with one attached hydrogen (secondary N) is 2. The number of halogens is 3. The van der Waals surface area contributed by atoms with Gasteiger partial charge in [0, 0.05) is 55.7 Å². The zero-order valence-electron chi connectivity index (χ0n) is 28.2. The monoisotopic (exact) mass is 684 g/mol. The number of carbonyl (C=O) groups excluding carboxylic acids is 2. The van der Waals surface area contributed by atoms with Gasteiger partial charge in [-0.25, -0.2) is 9.97 Å². The molecule has 6 rings (SSSR count). The summed E-state index contributed by atoms with van der Waals surface area (Å²) in [5.74, 6) is 5.66. The van der Waals surface area contributed by atoms with Crippen LogP contribution in [-0.4, -0.2) is 75.9 Å². The van der Waals surface area contributed by atoms with Gasteiger partial charge in [-0.2, -0.15) is 13.2 Å². The molecule has 50 heavy (non-hydrogen) atoms. The maximum absolute atomic E-state index is 14.1. The predicted molar refractivity (Wildman–Crippen MR) is 185 cm³/mol. The number of nitrogens with two attached hydrogens (primary N) is 1. The van der Waals surface area contributed by atoms with Crippen molar-refractivity contribution in [1.82, 2.24) is 29.7 Å². The van der Waals surface area contributed by atoms with Gasteiger partial charge in [0.1, 0.15) is 5.69 Å². The van der Waals surface area contributed by atoms with Gasteiger partial charge in [0.25, 0.3) is 5.91 Å². The summed E-state index contributed by atoms with van der Waals surface area (Å²) >= 11 is 0. The quantitative estimate of drug-likeness (QED) is 0.246. The lowest BCUT2D eigenvalue weighted by atomic mass is 10.0. The fourth-order valence-corrected chi connectivity index (χ4v) is 6.62. The zero-order valence-corrected chi connectivity index (χ0v) is 28.2. The number of likely N-dealkylation sites (tertiary alicyclic amines) is 1. The standard InChI is InChI=1S/C37H39F3N8O2/c1-46(2)28-12-15-48(16-13-28)22-26-9-10-27(19-30(26)37(38,39)40)44-33(49)18-24-6-4-5-23(17-24)7-8-25-21-43-36(41)45-34(25)32-20-29-31(47(32)3)11-14-42-35(29)50/h4-6,9-10,17,19-21,28H,11-16,18,22H2,1-3H3,(H,42,50)(H,44,49)(H2,41,43,45). The van der Waals surface area contributed by atoms with Crippen LogP contribution >= 0.6 is 0 Å². The van der Waals surface area contributed by atoms with Crippen LogP contribution in [-0.2, 0) is 37.4 Å². The van der Waals surface area contributed by atoms with Gasteiger partial charge < -0.3 is 25.8 Å². The maximum atomic E-state index is 14.1. The Morgan fingerprint density at radius 3 is 2.62 bits per heavy atom. The summed E-state index contributed by atoms with van der Waals surface area (Å²) in [6, 6.07) is 13.3. The molecule has 2 aliphatic rings. The first kappa shape index (κ1) is 34.7. The van der Waals surface area contributed by atoms with E-state index in [-0.39, 0.29) is 36.1 Å². The second-order valence-corrected chi connectivity index (χ2v) is 13.0. The van der Waals surface area contributed by atoms with Crippen LogP contribution in [0.25, 0.3) is 11.4 Å². The molecule has 0 spiro atoms. The number of nitrogens with zero attached hydrogens (tertiary/aromatic N) is 5. The number of hydrogen-bond donors (Lipinski definition) is 3. The summed E-state index contributed by atoms with van der Waals surface area (Å²) in [6.45, 7) is 2.20. The van der Waals surface area contributed by atoms with E-state index in [4.69, 9.17) is 5.73 Å². The normalized spacial score (nSPS) is 15.3. The molecule has 4 aromatic rings. The summed E-state index contributed by atoms with van der Waals surface area (Å²) in [4.78, 5) is 38.2. The van der Waals surface area contributed by atoms with E-state index in [0.717, 1.165) is 37.7 Å². The predicted octanol–water partition coefficient (Wildman–Crippen LogP) is 4.48. The molecule has 2 aromatic carbocycles. The zero-order chi connectivity index (χ0) is 35.6. The Bertz CT molecular complexity index is 1980. The number of nitrogen functional groups attached to an aromatic ring is 1. The van der Waals surface area contributed by atoms with Gasteiger partial charge in [-0.05, 0) is 81.5 Å². The average molecular weight is 685 g/mol. The third-order valence-corrected chi connectivity index (χ3v) is 9.31. The van der Waals surface area contributed by atoms with Crippen molar-refractivity contribution < 1.29 is 22.8 Å². The van der Waals surface area contributed by atoms with E-state index in [1.807, 2.05) is 30.6 Å². The molecule has 4 heterocycles. The molecule has 2 amide bonds. The number of fused-ring (bicyclic) bond motifs is 1. The number of rotatable bonds is 7. The highest BCUT2D eigenvalue weighted by atomic mass is 19.4. The van der Waals surface area contributed by atoms with E-state index in [2.05, 4.69) is 37.3 Å². The first-order valence-corrected chi connectivity index (χ1v) is 16.4. The van der Waals surface area contributed by atoms with Crippen molar-refractivity contribution in [2.75, 3.05) is 44.8 Å². The molecule has 0 saturated carbocycles. The molecular weight excluding hydrogens is 645 g/mol. The molecule has 4 N–H and O–H groups in total. The van der Waals surface area contributed by atoms with Gasteiger partial charge in [-0.1, -0.05) is 30.0 Å². The Balaban J connectivity index is 1.15. The van der Waals surface area contributed by atoms with E-state index < -0.39 is 17.6 Å². The van der Waals surface area contributed by atoms with Crippen molar-refractivity contribution in [1.29, 1.82) is 0 Å². The molecule has 0 atom stereocenters. The molecule has 1 saturated heterocycles. The fraction of sp³-hybridized carbons (Fsp3) is 0.351. The number of aromatic nitrogens is 3. The van der Waals surface area contributed by atoms with E-state index in [1.165, 1.54) is 18.3 Å². The van der Waals surface area contributed by atoms with Crippen LogP contribution in [0, 0.1) is 11.8 Å². The third-order valence-electron chi connectivity index (χ3n) is 9.31. The molecule has 0 aliphatic carbocycles. The van der Waals surface area contributed by atoms with E-state index in [1.54, 1.807) is 30.3 Å². The number of amides is 2. The Kier molecular flexibility index (Phi) is 9.95. The molecule has 13 heteroatoms. The number of alkyl halides is 3. The lowest BCUT2D eigenvalue weighted by Gasteiger charge is -2.35. The molecule has 260 valence electrons. The molecule has 2 aliphatic heterocycles. The smallest absolute Gasteiger partial charge is 0.368 e. The highest BCUT2D eigenvalue weighted by Crippen LogP contribution is 2.35. The lowest BCUT2D eigenvalue weighted by molar-refractivity contribution is -0.138. The molecule has 1 fully saturated rings. The van der Waals surface area contributed by atoms with E-state index in [0.29, 0.717) is 52.6 Å². The molecule has 0 unspecified atom stereocenters. The summed E-state index contributed by atoms with van der Waals surface area (Å²) < 4.78 is 44.3. The minimum absolute atomic E-state index is 0.0629. The fourth-order valence-electron chi connectivity index (χ4n) is 6.62. The maximum Gasteiger partial charge on any atom is 0.416 e. The second-order valence-electron chi connectivity index (χ2n) is 13.0. The van der Waals surface area contributed by atoms with Crippen LogP contribution in [0.3, 0.4) is 0 Å². The summed E-state index contributed by atoms with van der Waals surface area (Å²) in [6.07, 6.45) is -0.599. The Labute approximate surface area is 288 Å². The van der Waals surface area contributed by atoms with Crippen molar-refractivity contribution in [2.45, 2.75) is 44.4 Å². The summed E-state index contributed by atoms with van der Waals surface area (Å²) in [5, 5.41) is 5.48. The van der Waals surface area contributed by atoms with Crippen LogP contribution in [0.5, 0.6) is 0 Å². The first-order valence-electron chi connectivity index (χ1n) is 16.4. The molecular formula is C37H39F3N8O2. The second kappa shape index (κ2) is 14.3. The molecule has 10 nitrogen and oxygen atoms in total. The molecule has 0 radical (unpaired) electrons. The van der Waals surface area contributed by atoms with Crippen molar-refractivity contribution in [3.05, 3.63) is 93.8 Å². The largest absolute Gasteiger partial charge is 0.416 e. The minimum Gasteiger partial charge on any atom is -0.368 e. The van der Waals surface area contributed by atoms with Gasteiger partial charge in [0.2, 0.25) is 11.9 Å². The first-order chi connectivity index (χ1) is 23.9. The molecule has 2 aromatic heterocycles. The number of piperidine rings is 1. The van der Waals surface area contributed by atoms with Crippen molar-refractivity contribution in [2.24, 2.45) is 7.05 Å². The Morgan fingerprint density at radius 1 is 1.12 bits per heavy atom. The van der Waals surface area contributed by atoms with Gasteiger partial charge >= 0.3 is 6.18 Å².